The summed E-state index contributed by atoms with van der Waals surface area (Å²) in [5.41, 5.74) is -0.173. The van der Waals surface area contributed by atoms with E-state index in [2.05, 4.69) is 21.2 Å². The number of anilines is 1. The van der Waals surface area contributed by atoms with Crippen LogP contribution < -0.4 is 5.32 Å². The Labute approximate surface area is 128 Å². The molecule has 1 atom stereocenters. The lowest BCUT2D eigenvalue weighted by Gasteiger charge is -2.17. The quantitative estimate of drug-likeness (QED) is 0.835. The van der Waals surface area contributed by atoms with Gasteiger partial charge in [0.2, 0.25) is 0 Å². The van der Waals surface area contributed by atoms with E-state index in [0.717, 1.165) is 6.07 Å². The molecule has 0 fully saturated rings. The highest BCUT2D eigenvalue weighted by atomic mass is 79.9. The van der Waals surface area contributed by atoms with Gasteiger partial charge in [-0.1, -0.05) is 46.3 Å². The normalized spacial score (nSPS) is 13.0. The topological polar surface area (TPSA) is 32.3 Å². The van der Waals surface area contributed by atoms with E-state index in [1.165, 1.54) is 12.1 Å². The highest BCUT2D eigenvalue weighted by Crippen LogP contribution is 2.36. The summed E-state index contributed by atoms with van der Waals surface area (Å²) in [6.45, 7) is -0.00523. The van der Waals surface area contributed by atoms with Crippen molar-refractivity contribution < 1.29 is 18.3 Å². The molecule has 0 aromatic heterocycles. The second-order valence-electron chi connectivity index (χ2n) is 4.50. The van der Waals surface area contributed by atoms with Gasteiger partial charge in [0.25, 0.3) is 0 Å². The number of halogens is 4. The predicted octanol–water partition coefficient (Wildman–Crippen LogP) is 4.61. The number of aliphatic hydroxyl groups is 1. The van der Waals surface area contributed by atoms with Crippen molar-refractivity contribution in [3.8, 4) is 0 Å². The Hall–Kier alpha value is -1.53. The maximum Gasteiger partial charge on any atom is 0.418 e. The molecular weight excluding hydrogens is 347 g/mol. The molecule has 0 bridgehead atoms. The molecule has 0 amide bonds. The standard InChI is InChI=1S/C15H13BrF3NO/c16-11-6-7-13(12(8-11)15(17,18)19)20-9-14(21)10-4-2-1-3-5-10/h1-8,14,20-21H,9H2. The summed E-state index contributed by atoms with van der Waals surface area (Å²) in [5.74, 6) is 0. The Morgan fingerprint density at radius 3 is 2.38 bits per heavy atom. The van der Waals surface area contributed by atoms with Crippen molar-refractivity contribution in [3.05, 3.63) is 64.1 Å². The summed E-state index contributed by atoms with van der Waals surface area (Å²) in [5, 5.41) is 12.6. The first-order valence-corrected chi connectivity index (χ1v) is 7.01. The van der Waals surface area contributed by atoms with E-state index in [1.54, 1.807) is 30.3 Å². The Morgan fingerprint density at radius 2 is 1.76 bits per heavy atom. The molecule has 2 aromatic rings. The second-order valence-corrected chi connectivity index (χ2v) is 5.41. The van der Waals surface area contributed by atoms with E-state index >= 15 is 0 Å². The van der Waals surface area contributed by atoms with Gasteiger partial charge in [-0.15, -0.1) is 0 Å². The minimum atomic E-state index is -4.45. The third kappa shape index (κ3) is 4.22. The van der Waals surface area contributed by atoms with Crippen LogP contribution in [-0.4, -0.2) is 11.7 Å². The van der Waals surface area contributed by atoms with Crippen LogP contribution in [-0.2, 0) is 6.18 Å². The largest absolute Gasteiger partial charge is 0.418 e. The van der Waals surface area contributed by atoms with Crippen LogP contribution in [0.3, 0.4) is 0 Å². The molecule has 21 heavy (non-hydrogen) atoms. The second kappa shape index (κ2) is 6.49. The van der Waals surface area contributed by atoms with Crippen LogP contribution in [0.5, 0.6) is 0 Å². The number of aliphatic hydroxyl groups excluding tert-OH is 1. The van der Waals surface area contributed by atoms with Gasteiger partial charge < -0.3 is 10.4 Å². The van der Waals surface area contributed by atoms with E-state index in [1.807, 2.05) is 0 Å². The Kier molecular flexibility index (Phi) is 4.90. The fourth-order valence-electron chi connectivity index (χ4n) is 1.90. The molecule has 0 saturated carbocycles. The highest BCUT2D eigenvalue weighted by Gasteiger charge is 2.33. The van der Waals surface area contributed by atoms with Crippen molar-refractivity contribution in [2.45, 2.75) is 12.3 Å². The summed E-state index contributed by atoms with van der Waals surface area (Å²) in [6, 6.07) is 12.6. The van der Waals surface area contributed by atoms with Gasteiger partial charge in [0, 0.05) is 16.7 Å². The van der Waals surface area contributed by atoms with E-state index < -0.39 is 17.8 Å². The molecule has 2 rings (SSSR count). The summed E-state index contributed by atoms with van der Waals surface area (Å²) in [7, 11) is 0. The van der Waals surface area contributed by atoms with Crippen molar-refractivity contribution in [2.24, 2.45) is 0 Å². The number of nitrogens with one attached hydrogen (secondary N) is 1. The molecule has 1 unspecified atom stereocenters. The zero-order valence-electron chi connectivity index (χ0n) is 10.9. The molecule has 0 saturated heterocycles. The lowest BCUT2D eigenvalue weighted by atomic mass is 10.1. The molecule has 2 nitrogen and oxygen atoms in total. The molecule has 6 heteroatoms. The molecule has 0 heterocycles. The molecular formula is C15H13BrF3NO. The number of hydrogen-bond acceptors (Lipinski definition) is 2. The van der Waals surface area contributed by atoms with Crippen LogP contribution >= 0.6 is 15.9 Å². The van der Waals surface area contributed by atoms with Crippen molar-refractivity contribution in [1.82, 2.24) is 0 Å². The monoisotopic (exact) mass is 359 g/mol. The molecule has 0 spiro atoms. The van der Waals surface area contributed by atoms with Gasteiger partial charge in [-0.3, -0.25) is 0 Å². The SMILES string of the molecule is OC(CNc1ccc(Br)cc1C(F)(F)F)c1ccccc1. The fourth-order valence-corrected chi connectivity index (χ4v) is 2.27. The lowest BCUT2D eigenvalue weighted by molar-refractivity contribution is -0.137. The highest BCUT2D eigenvalue weighted by molar-refractivity contribution is 9.10. The van der Waals surface area contributed by atoms with Gasteiger partial charge in [0.15, 0.2) is 0 Å². The molecule has 0 aliphatic rings. The minimum Gasteiger partial charge on any atom is -0.387 e. The third-order valence-electron chi connectivity index (χ3n) is 2.96. The van der Waals surface area contributed by atoms with Crippen molar-refractivity contribution in [3.63, 3.8) is 0 Å². The number of benzene rings is 2. The average Bonchev–Trinajstić information content (AvgIpc) is 2.45. The first-order valence-electron chi connectivity index (χ1n) is 6.21. The maximum atomic E-state index is 13.0. The molecule has 112 valence electrons. The Balaban J connectivity index is 2.14. The lowest BCUT2D eigenvalue weighted by Crippen LogP contribution is -2.16. The van der Waals surface area contributed by atoms with E-state index in [9.17, 15) is 18.3 Å². The van der Waals surface area contributed by atoms with Gasteiger partial charge in [-0.25, -0.2) is 0 Å². The molecule has 0 aliphatic heterocycles. The zero-order valence-corrected chi connectivity index (χ0v) is 12.4. The van der Waals surface area contributed by atoms with E-state index in [4.69, 9.17) is 0 Å². The van der Waals surface area contributed by atoms with Crippen LogP contribution in [0.15, 0.2) is 53.0 Å². The van der Waals surface area contributed by atoms with Crippen LogP contribution in [0.25, 0.3) is 0 Å². The smallest absolute Gasteiger partial charge is 0.387 e. The van der Waals surface area contributed by atoms with Crippen LogP contribution in [0.1, 0.15) is 17.2 Å². The van der Waals surface area contributed by atoms with Crippen molar-refractivity contribution >= 4 is 21.6 Å². The Morgan fingerprint density at radius 1 is 1.10 bits per heavy atom. The molecule has 0 radical (unpaired) electrons. The first-order chi connectivity index (χ1) is 9.88. The van der Waals surface area contributed by atoms with E-state index in [-0.39, 0.29) is 12.2 Å². The number of hydrogen-bond donors (Lipinski definition) is 2. The summed E-state index contributed by atoms with van der Waals surface area (Å²) in [6.07, 6.45) is -5.33. The van der Waals surface area contributed by atoms with Crippen LogP contribution in [0, 0.1) is 0 Å². The van der Waals surface area contributed by atoms with Gasteiger partial charge in [-0.05, 0) is 23.8 Å². The average molecular weight is 360 g/mol. The molecule has 2 aromatic carbocycles. The maximum absolute atomic E-state index is 13.0. The van der Waals surface area contributed by atoms with Gasteiger partial charge in [-0.2, -0.15) is 13.2 Å². The van der Waals surface area contributed by atoms with Gasteiger partial charge >= 0.3 is 6.18 Å². The number of alkyl halides is 3. The van der Waals surface area contributed by atoms with Crippen LogP contribution in [0.2, 0.25) is 0 Å². The van der Waals surface area contributed by atoms with Crippen molar-refractivity contribution in [2.75, 3.05) is 11.9 Å². The van der Waals surface area contributed by atoms with E-state index in [0.29, 0.717) is 10.0 Å². The van der Waals surface area contributed by atoms with Crippen LogP contribution in [0.4, 0.5) is 18.9 Å². The zero-order chi connectivity index (χ0) is 15.5. The first kappa shape index (κ1) is 15.9. The number of rotatable bonds is 4. The van der Waals surface area contributed by atoms with Crippen molar-refractivity contribution in [1.29, 1.82) is 0 Å². The fraction of sp³-hybridized carbons (Fsp3) is 0.200. The molecule has 0 aliphatic carbocycles. The van der Waals surface area contributed by atoms with Gasteiger partial charge in [0.05, 0.1) is 11.7 Å². The van der Waals surface area contributed by atoms with Gasteiger partial charge in [0.1, 0.15) is 0 Å². The Bertz CT molecular complexity index is 602. The predicted molar refractivity (Wildman–Crippen MR) is 79.0 cm³/mol. The third-order valence-corrected chi connectivity index (χ3v) is 3.45. The summed E-state index contributed by atoms with van der Waals surface area (Å²) in [4.78, 5) is 0. The summed E-state index contributed by atoms with van der Waals surface area (Å²) >= 11 is 3.03. The molecule has 2 N–H and O–H groups in total. The minimum absolute atomic E-state index is 0.00523. The summed E-state index contributed by atoms with van der Waals surface area (Å²) < 4.78 is 39.2.